The minimum Gasteiger partial charge on any atom is -0.454 e. The van der Waals surface area contributed by atoms with E-state index in [4.69, 9.17) is 21.1 Å². The van der Waals surface area contributed by atoms with Crippen LogP contribution in [-0.4, -0.2) is 11.4 Å². The summed E-state index contributed by atoms with van der Waals surface area (Å²) in [6, 6.07) is 18.8. The van der Waals surface area contributed by atoms with Crippen LogP contribution >= 0.6 is 11.6 Å². The molecule has 1 aliphatic rings. The fourth-order valence-corrected chi connectivity index (χ4v) is 4.05. The minimum atomic E-state index is -0.325. The Morgan fingerprint density at radius 3 is 2.70 bits per heavy atom. The van der Waals surface area contributed by atoms with Crippen molar-refractivity contribution >= 4 is 22.5 Å². The van der Waals surface area contributed by atoms with Crippen LogP contribution in [0.2, 0.25) is 5.02 Å². The van der Waals surface area contributed by atoms with Gasteiger partial charge in [-0.2, -0.15) is 0 Å². The van der Waals surface area contributed by atoms with E-state index >= 15 is 0 Å². The van der Waals surface area contributed by atoms with Crippen molar-refractivity contribution in [3.05, 3.63) is 94.4 Å². The van der Waals surface area contributed by atoms with Gasteiger partial charge in [-0.15, -0.1) is 0 Å². The maximum Gasteiger partial charge on any atom is 0.231 e. The molecule has 0 unspecified atom stereocenters. The molecule has 1 N–H and O–H groups in total. The Balaban J connectivity index is 1.34. The smallest absolute Gasteiger partial charge is 0.231 e. The van der Waals surface area contributed by atoms with Crippen LogP contribution < -0.4 is 14.8 Å². The van der Waals surface area contributed by atoms with E-state index in [2.05, 4.69) is 28.2 Å². The van der Waals surface area contributed by atoms with E-state index in [-0.39, 0.29) is 12.6 Å². The van der Waals surface area contributed by atoms with Crippen LogP contribution in [0.3, 0.4) is 0 Å². The van der Waals surface area contributed by atoms with Crippen molar-refractivity contribution < 1.29 is 13.9 Å². The number of fused-ring (bicyclic) bond motifs is 2. The molecule has 3 aromatic carbocycles. The molecule has 2 heterocycles. The van der Waals surface area contributed by atoms with Gasteiger partial charge in [-0.1, -0.05) is 41.9 Å². The molecule has 1 aliphatic heterocycles. The molecule has 0 bridgehead atoms. The van der Waals surface area contributed by atoms with Crippen LogP contribution in [-0.2, 0) is 19.6 Å². The summed E-state index contributed by atoms with van der Waals surface area (Å²) in [6.45, 7) is 2.31. The summed E-state index contributed by atoms with van der Waals surface area (Å²) in [4.78, 5) is 0. The van der Waals surface area contributed by atoms with Crippen LogP contribution in [0, 0.1) is 5.82 Å². The molecule has 6 heteroatoms. The topological polar surface area (TPSA) is 35.4 Å². The first-order valence-corrected chi connectivity index (χ1v) is 10.1. The molecule has 0 atom stereocenters. The summed E-state index contributed by atoms with van der Waals surface area (Å²) in [5.41, 5.74) is 4.35. The van der Waals surface area contributed by atoms with Gasteiger partial charge in [0.25, 0.3) is 0 Å². The van der Waals surface area contributed by atoms with Crippen molar-refractivity contribution in [1.29, 1.82) is 0 Å². The molecule has 5 rings (SSSR count). The first kappa shape index (κ1) is 19.0. The van der Waals surface area contributed by atoms with Gasteiger partial charge in [0.15, 0.2) is 11.5 Å². The third-order valence-electron chi connectivity index (χ3n) is 5.31. The standard InChI is InChI=1S/C24H20ClFN2O2/c25-21-10-19(26)7-6-17(21)13-28-14-18(20-3-1-2-4-22(20)28)12-27-11-16-5-8-23-24(9-16)30-15-29-23/h1-10,14,27H,11-13,15H2. The Morgan fingerprint density at radius 2 is 1.80 bits per heavy atom. The number of nitrogens with zero attached hydrogens (tertiary/aromatic N) is 1. The molecular weight excluding hydrogens is 403 g/mol. The number of rotatable bonds is 6. The molecule has 0 amide bonds. The van der Waals surface area contributed by atoms with Gasteiger partial charge in [0, 0.05) is 41.8 Å². The summed E-state index contributed by atoms with van der Waals surface area (Å²) < 4.78 is 26.4. The Morgan fingerprint density at radius 1 is 0.933 bits per heavy atom. The predicted octanol–water partition coefficient (Wildman–Crippen LogP) is 5.50. The van der Waals surface area contributed by atoms with Crippen LogP contribution in [0.25, 0.3) is 10.9 Å². The number of hydrogen-bond acceptors (Lipinski definition) is 3. The van der Waals surface area contributed by atoms with E-state index in [1.807, 2.05) is 30.3 Å². The Hall–Kier alpha value is -3.02. The van der Waals surface area contributed by atoms with Gasteiger partial charge in [-0.25, -0.2) is 4.39 Å². The van der Waals surface area contributed by atoms with E-state index < -0.39 is 0 Å². The Kier molecular flexibility index (Phi) is 5.07. The molecule has 0 spiro atoms. The lowest BCUT2D eigenvalue weighted by molar-refractivity contribution is 0.174. The molecule has 0 aliphatic carbocycles. The fourth-order valence-electron chi connectivity index (χ4n) is 3.82. The van der Waals surface area contributed by atoms with Gasteiger partial charge in [-0.3, -0.25) is 0 Å². The highest BCUT2D eigenvalue weighted by molar-refractivity contribution is 6.31. The zero-order chi connectivity index (χ0) is 20.5. The molecule has 0 radical (unpaired) electrons. The van der Waals surface area contributed by atoms with E-state index in [0.717, 1.165) is 41.2 Å². The lowest BCUT2D eigenvalue weighted by atomic mass is 10.1. The van der Waals surface area contributed by atoms with Gasteiger partial charge in [0.2, 0.25) is 6.79 Å². The zero-order valence-corrected chi connectivity index (χ0v) is 17.0. The van der Waals surface area contributed by atoms with Crippen molar-refractivity contribution in [2.75, 3.05) is 6.79 Å². The third kappa shape index (κ3) is 3.74. The lowest BCUT2D eigenvalue weighted by Gasteiger charge is -2.07. The minimum absolute atomic E-state index is 0.282. The average molecular weight is 423 g/mol. The van der Waals surface area contributed by atoms with Gasteiger partial charge in [0.1, 0.15) is 5.82 Å². The molecule has 152 valence electrons. The Labute approximate surface area is 178 Å². The third-order valence-corrected chi connectivity index (χ3v) is 5.66. The largest absolute Gasteiger partial charge is 0.454 e. The summed E-state index contributed by atoms with van der Waals surface area (Å²) >= 11 is 6.24. The molecular formula is C24H20ClFN2O2. The van der Waals surface area contributed by atoms with Gasteiger partial charge in [0.05, 0.1) is 0 Å². The second-order valence-corrected chi connectivity index (χ2v) is 7.73. The van der Waals surface area contributed by atoms with Gasteiger partial charge >= 0.3 is 0 Å². The quantitative estimate of drug-likeness (QED) is 0.445. The summed E-state index contributed by atoms with van der Waals surface area (Å²) in [6.07, 6.45) is 2.14. The van der Waals surface area contributed by atoms with E-state index in [9.17, 15) is 4.39 Å². The molecule has 0 saturated heterocycles. The number of nitrogens with one attached hydrogen (secondary N) is 1. The van der Waals surface area contributed by atoms with E-state index in [0.29, 0.717) is 11.6 Å². The SMILES string of the molecule is Fc1ccc(Cn2cc(CNCc3ccc4c(c3)OCO4)c3ccccc32)c(Cl)c1. The number of benzene rings is 3. The molecule has 0 saturated carbocycles. The van der Waals surface area contributed by atoms with Gasteiger partial charge in [-0.05, 0) is 47.0 Å². The number of aromatic nitrogens is 1. The van der Waals surface area contributed by atoms with E-state index in [1.54, 1.807) is 6.07 Å². The zero-order valence-electron chi connectivity index (χ0n) is 16.2. The average Bonchev–Trinajstić information content (AvgIpc) is 3.35. The highest BCUT2D eigenvalue weighted by Gasteiger charge is 2.14. The predicted molar refractivity (Wildman–Crippen MR) is 116 cm³/mol. The molecule has 4 aromatic rings. The summed E-state index contributed by atoms with van der Waals surface area (Å²) in [5.74, 6) is 1.26. The lowest BCUT2D eigenvalue weighted by Crippen LogP contribution is -2.12. The van der Waals surface area contributed by atoms with Crippen LogP contribution in [0.15, 0.2) is 66.9 Å². The monoisotopic (exact) mass is 422 g/mol. The van der Waals surface area contributed by atoms with Gasteiger partial charge < -0.3 is 19.4 Å². The van der Waals surface area contributed by atoms with Crippen molar-refractivity contribution in [3.8, 4) is 11.5 Å². The van der Waals surface area contributed by atoms with E-state index in [1.165, 1.54) is 23.1 Å². The second kappa shape index (κ2) is 8.01. The van der Waals surface area contributed by atoms with Crippen LogP contribution in [0.1, 0.15) is 16.7 Å². The van der Waals surface area contributed by atoms with Crippen molar-refractivity contribution in [3.63, 3.8) is 0 Å². The normalized spacial score (nSPS) is 12.6. The molecule has 4 nitrogen and oxygen atoms in total. The summed E-state index contributed by atoms with van der Waals surface area (Å²) in [5, 5.41) is 5.14. The van der Waals surface area contributed by atoms with Crippen molar-refractivity contribution in [2.45, 2.75) is 19.6 Å². The Bertz CT molecular complexity index is 1220. The second-order valence-electron chi connectivity index (χ2n) is 7.33. The highest BCUT2D eigenvalue weighted by Crippen LogP contribution is 2.32. The summed E-state index contributed by atoms with van der Waals surface area (Å²) in [7, 11) is 0. The number of hydrogen-bond donors (Lipinski definition) is 1. The number of ether oxygens (including phenoxy) is 2. The van der Waals surface area contributed by atoms with Crippen LogP contribution in [0.5, 0.6) is 11.5 Å². The molecule has 0 fully saturated rings. The molecule has 30 heavy (non-hydrogen) atoms. The maximum atomic E-state index is 13.4. The number of para-hydroxylation sites is 1. The first-order valence-electron chi connectivity index (χ1n) is 9.77. The fraction of sp³-hybridized carbons (Fsp3) is 0.167. The highest BCUT2D eigenvalue weighted by atomic mass is 35.5. The van der Waals surface area contributed by atoms with Crippen LogP contribution in [0.4, 0.5) is 4.39 Å². The number of halogens is 2. The maximum absolute atomic E-state index is 13.4. The van der Waals surface area contributed by atoms with Crippen molar-refractivity contribution in [2.24, 2.45) is 0 Å². The van der Waals surface area contributed by atoms with Crippen molar-refractivity contribution in [1.82, 2.24) is 9.88 Å². The molecule has 1 aromatic heterocycles. The first-order chi connectivity index (χ1) is 14.7.